The predicted molar refractivity (Wildman–Crippen MR) is 45.3 cm³/mol. The summed E-state index contributed by atoms with van der Waals surface area (Å²) in [5.41, 5.74) is 0. The molecule has 1 aliphatic rings. The molecule has 0 saturated carbocycles. The summed E-state index contributed by atoms with van der Waals surface area (Å²) in [7, 11) is 2.90. The van der Waals surface area contributed by atoms with Crippen LogP contribution in [0.5, 0.6) is 0 Å². The molecule has 1 aliphatic heterocycles. The van der Waals surface area contributed by atoms with Crippen LogP contribution in [0, 0.1) is 0 Å². The standard InChI is InChI=1S/C8H15NO4/c1-6-4-13-5-7(11-2)9(6)8(10)12-3/h6-7H,4-5H2,1-3H3/t6-,7-/m1/s1. The molecule has 1 saturated heterocycles. The van der Waals surface area contributed by atoms with Gasteiger partial charge in [-0.25, -0.2) is 4.79 Å². The molecule has 1 rings (SSSR count). The summed E-state index contributed by atoms with van der Waals surface area (Å²) in [5.74, 6) is 0. The van der Waals surface area contributed by atoms with Crippen molar-refractivity contribution in [3.8, 4) is 0 Å². The molecule has 5 nitrogen and oxygen atoms in total. The van der Waals surface area contributed by atoms with Gasteiger partial charge in [-0.2, -0.15) is 0 Å². The van der Waals surface area contributed by atoms with Crippen molar-refractivity contribution in [3.05, 3.63) is 0 Å². The fourth-order valence-corrected chi connectivity index (χ4v) is 1.37. The van der Waals surface area contributed by atoms with Crippen molar-refractivity contribution in [2.75, 3.05) is 27.4 Å². The molecule has 0 unspecified atom stereocenters. The minimum atomic E-state index is -0.373. The molecule has 0 aromatic rings. The van der Waals surface area contributed by atoms with Crippen LogP contribution < -0.4 is 0 Å². The highest BCUT2D eigenvalue weighted by Crippen LogP contribution is 2.14. The van der Waals surface area contributed by atoms with Crippen molar-refractivity contribution in [3.63, 3.8) is 0 Å². The van der Waals surface area contributed by atoms with Gasteiger partial charge in [0, 0.05) is 7.11 Å². The minimum absolute atomic E-state index is 0.00819. The highest BCUT2D eigenvalue weighted by molar-refractivity contribution is 5.68. The zero-order chi connectivity index (χ0) is 9.84. The van der Waals surface area contributed by atoms with Gasteiger partial charge in [-0.1, -0.05) is 0 Å². The van der Waals surface area contributed by atoms with E-state index in [-0.39, 0.29) is 18.4 Å². The topological polar surface area (TPSA) is 48.0 Å². The monoisotopic (exact) mass is 189 g/mol. The van der Waals surface area contributed by atoms with Gasteiger partial charge in [-0.3, -0.25) is 4.90 Å². The van der Waals surface area contributed by atoms with Crippen molar-refractivity contribution in [2.45, 2.75) is 19.2 Å². The first kappa shape index (κ1) is 10.3. The van der Waals surface area contributed by atoms with Gasteiger partial charge >= 0.3 is 6.09 Å². The molecule has 2 atom stereocenters. The van der Waals surface area contributed by atoms with E-state index in [9.17, 15) is 4.79 Å². The summed E-state index contributed by atoms with van der Waals surface area (Å²) in [6, 6.07) is -0.00819. The maximum Gasteiger partial charge on any atom is 0.411 e. The number of carbonyl (C=O) groups excluding carboxylic acids is 1. The smallest absolute Gasteiger partial charge is 0.411 e. The van der Waals surface area contributed by atoms with Crippen LogP contribution in [0.15, 0.2) is 0 Å². The molecule has 1 amide bonds. The number of rotatable bonds is 1. The lowest BCUT2D eigenvalue weighted by Gasteiger charge is -2.37. The molecule has 13 heavy (non-hydrogen) atoms. The quantitative estimate of drug-likeness (QED) is 0.600. The van der Waals surface area contributed by atoms with Gasteiger partial charge in [0.15, 0.2) is 6.23 Å². The van der Waals surface area contributed by atoms with Crippen LogP contribution in [0.25, 0.3) is 0 Å². The number of carbonyl (C=O) groups is 1. The highest BCUT2D eigenvalue weighted by atomic mass is 16.6. The van der Waals surface area contributed by atoms with E-state index in [1.54, 1.807) is 12.0 Å². The Kier molecular flexibility index (Phi) is 3.50. The first-order chi connectivity index (χ1) is 6.20. The van der Waals surface area contributed by atoms with E-state index in [1.807, 2.05) is 6.92 Å². The molecule has 76 valence electrons. The first-order valence-electron chi connectivity index (χ1n) is 4.17. The second-order valence-corrected chi connectivity index (χ2v) is 2.95. The summed E-state index contributed by atoms with van der Waals surface area (Å²) >= 11 is 0. The van der Waals surface area contributed by atoms with Crippen molar-refractivity contribution < 1.29 is 19.0 Å². The minimum Gasteiger partial charge on any atom is -0.453 e. The largest absolute Gasteiger partial charge is 0.453 e. The Labute approximate surface area is 77.6 Å². The Morgan fingerprint density at radius 1 is 1.46 bits per heavy atom. The van der Waals surface area contributed by atoms with Crippen molar-refractivity contribution in [1.82, 2.24) is 4.90 Å². The lowest BCUT2D eigenvalue weighted by atomic mass is 10.2. The van der Waals surface area contributed by atoms with E-state index >= 15 is 0 Å². The van der Waals surface area contributed by atoms with Crippen LogP contribution in [-0.4, -0.2) is 50.7 Å². The molecule has 0 bridgehead atoms. The number of nitrogens with zero attached hydrogens (tertiary/aromatic N) is 1. The zero-order valence-electron chi connectivity index (χ0n) is 8.15. The second kappa shape index (κ2) is 4.43. The highest BCUT2D eigenvalue weighted by Gasteiger charge is 2.33. The van der Waals surface area contributed by atoms with Crippen LogP contribution in [0.4, 0.5) is 4.79 Å². The lowest BCUT2D eigenvalue weighted by molar-refractivity contribution is -0.133. The van der Waals surface area contributed by atoms with Crippen molar-refractivity contribution in [2.24, 2.45) is 0 Å². The van der Waals surface area contributed by atoms with Crippen LogP contribution in [0.2, 0.25) is 0 Å². The Balaban J connectivity index is 2.67. The summed E-state index contributed by atoms with van der Waals surface area (Å²) in [6.45, 7) is 2.81. The van der Waals surface area contributed by atoms with E-state index in [2.05, 4.69) is 4.74 Å². The van der Waals surface area contributed by atoms with Crippen LogP contribution in [0.3, 0.4) is 0 Å². The SMILES string of the molecule is COC(=O)N1[C@H](C)COC[C@H]1OC. The van der Waals surface area contributed by atoms with Gasteiger partial charge in [0.1, 0.15) is 0 Å². The Bertz CT molecular complexity index is 185. The third kappa shape index (κ3) is 2.10. The maximum absolute atomic E-state index is 11.3. The molecule has 1 heterocycles. The van der Waals surface area contributed by atoms with Gasteiger partial charge in [-0.15, -0.1) is 0 Å². The molecule has 0 aromatic carbocycles. The normalized spacial score (nSPS) is 28.7. The van der Waals surface area contributed by atoms with Crippen molar-refractivity contribution >= 4 is 6.09 Å². The molecular weight excluding hydrogens is 174 g/mol. The molecule has 0 N–H and O–H groups in total. The second-order valence-electron chi connectivity index (χ2n) is 2.95. The molecule has 0 aliphatic carbocycles. The van der Waals surface area contributed by atoms with E-state index in [4.69, 9.17) is 9.47 Å². The average Bonchev–Trinajstić information content (AvgIpc) is 2.16. The summed E-state index contributed by atoms with van der Waals surface area (Å²) in [5, 5.41) is 0. The number of methoxy groups -OCH3 is 2. The summed E-state index contributed by atoms with van der Waals surface area (Å²) in [6.07, 6.45) is -0.709. The predicted octanol–water partition coefficient (Wildman–Crippen LogP) is 0.446. The van der Waals surface area contributed by atoms with Gasteiger partial charge in [0.05, 0.1) is 26.4 Å². The molecule has 0 spiro atoms. The number of ether oxygens (including phenoxy) is 3. The maximum atomic E-state index is 11.3. The fraction of sp³-hybridized carbons (Fsp3) is 0.875. The van der Waals surface area contributed by atoms with E-state index in [0.29, 0.717) is 13.2 Å². The Morgan fingerprint density at radius 3 is 2.69 bits per heavy atom. The average molecular weight is 189 g/mol. The molecule has 0 aromatic heterocycles. The zero-order valence-corrected chi connectivity index (χ0v) is 8.15. The molecule has 5 heteroatoms. The number of amides is 1. The molecule has 1 fully saturated rings. The van der Waals surface area contributed by atoms with Crippen molar-refractivity contribution in [1.29, 1.82) is 0 Å². The van der Waals surface area contributed by atoms with Gasteiger partial charge in [-0.05, 0) is 6.92 Å². The third-order valence-corrected chi connectivity index (χ3v) is 2.06. The lowest BCUT2D eigenvalue weighted by Crippen LogP contribution is -2.54. The molecular formula is C8H15NO4. The van der Waals surface area contributed by atoms with Crippen LogP contribution in [-0.2, 0) is 14.2 Å². The molecule has 0 radical (unpaired) electrons. The van der Waals surface area contributed by atoms with Gasteiger partial charge in [0.25, 0.3) is 0 Å². The van der Waals surface area contributed by atoms with Crippen LogP contribution in [0.1, 0.15) is 6.92 Å². The van der Waals surface area contributed by atoms with E-state index in [0.717, 1.165) is 0 Å². The fourth-order valence-electron chi connectivity index (χ4n) is 1.37. The summed E-state index contributed by atoms with van der Waals surface area (Å²) in [4.78, 5) is 12.9. The number of hydrogen-bond acceptors (Lipinski definition) is 4. The van der Waals surface area contributed by atoms with Crippen LogP contribution >= 0.6 is 0 Å². The van der Waals surface area contributed by atoms with Gasteiger partial charge < -0.3 is 14.2 Å². The van der Waals surface area contributed by atoms with E-state index < -0.39 is 0 Å². The third-order valence-electron chi connectivity index (χ3n) is 2.06. The van der Waals surface area contributed by atoms with Gasteiger partial charge in [0.2, 0.25) is 0 Å². The summed E-state index contributed by atoms with van der Waals surface area (Å²) < 4.78 is 15.0. The number of hydrogen-bond donors (Lipinski definition) is 0. The number of morpholine rings is 1. The Morgan fingerprint density at radius 2 is 2.15 bits per heavy atom. The van der Waals surface area contributed by atoms with E-state index in [1.165, 1.54) is 7.11 Å². The first-order valence-corrected chi connectivity index (χ1v) is 4.17. The Hall–Kier alpha value is -0.810.